The predicted octanol–water partition coefficient (Wildman–Crippen LogP) is 4.73. The van der Waals surface area contributed by atoms with Gasteiger partial charge in [-0.3, -0.25) is 4.72 Å². The molecule has 0 bridgehead atoms. The van der Waals surface area contributed by atoms with Crippen LogP contribution in [-0.2, 0) is 14.8 Å². The average molecular weight is 514 g/mol. The normalized spacial score (nSPS) is 20.8. The Morgan fingerprint density at radius 2 is 1.88 bits per heavy atom. The molecule has 1 aliphatic carbocycles. The van der Waals surface area contributed by atoms with Crippen molar-refractivity contribution in [3.05, 3.63) is 65.7 Å². The van der Waals surface area contributed by atoms with E-state index in [0.717, 1.165) is 36.3 Å². The Bertz CT molecular complexity index is 1220. The van der Waals surface area contributed by atoms with Crippen molar-refractivity contribution in [2.75, 3.05) is 18.4 Å². The molecule has 1 saturated carbocycles. The van der Waals surface area contributed by atoms with Crippen LogP contribution in [0.5, 0.6) is 5.75 Å². The van der Waals surface area contributed by atoms with Crippen LogP contribution < -0.4 is 9.46 Å². The molecule has 34 heavy (non-hydrogen) atoms. The van der Waals surface area contributed by atoms with Gasteiger partial charge < -0.3 is 9.47 Å². The Morgan fingerprint density at radius 1 is 1.12 bits per heavy atom. The van der Waals surface area contributed by atoms with Crippen molar-refractivity contribution in [1.29, 1.82) is 0 Å². The number of hydrogen-bond acceptors (Lipinski definition) is 7. The first kappa shape index (κ1) is 24.4. The van der Waals surface area contributed by atoms with Crippen LogP contribution in [0.3, 0.4) is 0 Å². The van der Waals surface area contributed by atoms with Gasteiger partial charge >= 0.3 is 0 Å². The van der Waals surface area contributed by atoms with E-state index >= 15 is 0 Å². The lowest BCUT2D eigenvalue weighted by Gasteiger charge is -2.35. The minimum absolute atomic E-state index is 0.00849. The molecule has 1 aromatic heterocycles. The second kappa shape index (κ2) is 10.3. The number of halogens is 3. The lowest BCUT2D eigenvalue weighted by molar-refractivity contribution is 0.0297. The maximum Gasteiger partial charge on any atom is 0.266 e. The molecule has 3 aromatic rings. The van der Waals surface area contributed by atoms with Crippen molar-refractivity contribution in [3.8, 4) is 5.75 Å². The molecule has 0 aliphatic heterocycles. The molecule has 182 valence electrons. The molecule has 0 amide bonds. The molecule has 7 nitrogen and oxygen atoms in total. The van der Waals surface area contributed by atoms with Gasteiger partial charge in [0.2, 0.25) is 5.13 Å². The van der Waals surface area contributed by atoms with Crippen molar-refractivity contribution in [2.45, 2.75) is 36.2 Å². The van der Waals surface area contributed by atoms with Gasteiger partial charge in [-0.15, -0.1) is 0 Å². The summed E-state index contributed by atoms with van der Waals surface area (Å²) in [7, 11) is -2.79. The standard InChI is InChI=1S/C22H22F3N3O4S2/c1-31-16-6-7-17(13-2-4-15(23)5-3-13)14(8-16)11-32-20-9-19(25)21(10-18(20)24)34(29,30)28-22-26-12-27-33-22/h2-5,9-10,12,14,16-17H,6-8,11H2,1H3,(H,26,27,28)/t14?,16-,17+/m1/s1. The number of hydrogen-bond donors (Lipinski definition) is 1. The summed E-state index contributed by atoms with van der Waals surface area (Å²) < 4.78 is 84.4. The molecule has 1 unspecified atom stereocenters. The van der Waals surface area contributed by atoms with Crippen LogP contribution in [0, 0.1) is 23.4 Å². The van der Waals surface area contributed by atoms with Gasteiger partial charge in [-0.2, -0.15) is 4.37 Å². The first-order valence-electron chi connectivity index (χ1n) is 10.5. The van der Waals surface area contributed by atoms with Crippen molar-refractivity contribution >= 4 is 26.7 Å². The Labute approximate surface area is 199 Å². The van der Waals surface area contributed by atoms with Crippen molar-refractivity contribution in [3.63, 3.8) is 0 Å². The number of nitrogens with zero attached hydrogens (tertiary/aromatic N) is 2. The Kier molecular flexibility index (Phi) is 7.39. The number of rotatable bonds is 8. The molecule has 1 heterocycles. The van der Waals surface area contributed by atoms with Crippen molar-refractivity contribution in [1.82, 2.24) is 9.36 Å². The summed E-state index contributed by atoms with van der Waals surface area (Å²) in [6, 6.07) is 7.49. The first-order valence-corrected chi connectivity index (χ1v) is 12.7. The maximum absolute atomic E-state index is 14.7. The molecule has 1 fully saturated rings. The topological polar surface area (TPSA) is 90.4 Å². The van der Waals surface area contributed by atoms with Gasteiger partial charge in [-0.05, 0) is 42.9 Å². The Morgan fingerprint density at radius 3 is 2.56 bits per heavy atom. The third kappa shape index (κ3) is 5.50. The van der Waals surface area contributed by atoms with E-state index in [1.54, 1.807) is 19.2 Å². The molecule has 1 aliphatic rings. The van der Waals surface area contributed by atoms with Crippen LogP contribution in [0.4, 0.5) is 18.3 Å². The number of aromatic nitrogens is 2. The predicted molar refractivity (Wildman–Crippen MR) is 120 cm³/mol. The molecule has 4 rings (SSSR count). The molecule has 0 saturated heterocycles. The molecular formula is C22H22F3N3O4S2. The second-order valence-electron chi connectivity index (χ2n) is 7.96. The summed E-state index contributed by atoms with van der Waals surface area (Å²) in [5, 5.41) is -0.0723. The third-order valence-electron chi connectivity index (χ3n) is 5.88. The monoisotopic (exact) mass is 513 g/mol. The summed E-state index contributed by atoms with van der Waals surface area (Å²) >= 11 is 0.759. The largest absolute Gasteiger partial charge is 0.490 e. The highest BCUT2D eigenvalue weighted by Crippen LogP contribution is 2.39. The van der Waals surface area contributed by atoms with Crippen LogP contribution in [0.2, 0.25) is 0 Å². The zero-order valence-electron chi connectivity index (χ0n) is 18.1. The fourth-order valence-corrected chi connectivity index (χ4v) is 5.91. The lowest BCUT2D eigenvalue weighted by atomic mass is 9.74. The molecule has 2 aromatic carbocycles. The molecule has 1 N–H and O–H groups in total. The van der Waals surface area contributed by atoms with Crippen LogP contribution in [-0.4, -0.2) is 37.6 Å². The van der Waals surface area contributed by atoms with Crippen LogP contribution in [0.25, 0.3) is 0 Å². The number of benzene rings is 2. The van der Waals surface area contributed by atoms with E-state index in [0.29, 0.717) is 18.6 Å². The fraction of sp³-hybridized carbons (Fsp3) is 0.364. The van der Waals surface area contributed by atoms with Crippen molar-refractivity contribution in [2.24, 2.45) is 5.92 Å². The Balaban J connectivity index is 1.52. The molecular weight excluding hydrogens is 491 g/mol. The molecule has 12 heteroatoms. The zero-order valence-corrected chi connectivity index (χ0v) is 19.7. The van der Waals surface area contributed by atoms with Gasteiger partial charge in [0.05, 0.1) is 12.7 Å². The SMILES string of the molecule is CO[C@@H]1CC[C@@H](c2ccc(F)cc2)C(COc2cc(F)c(S(=O)(=O)Nc3ncns3)cc2F)C1. The fourth-order valence-electron chi connectivity index (χ4n) is 4.18. The van der Waals surface area contributed by atoms with Gasteiger partial charge in [0.25, 0.3) is 10.0 Å². The smallest absolute Gasteiger partial charge is 0.266 e. The quantitative estimate of drug-likeness (QED) is 0.468. The second-order valence-corrected chi connectivity index (χ2v) is 10.4. The number of methoxy groups -OCH3 is 1. The van der Waals surface area contributed by atoms with Crippen LogP contribution in [0.15, 0.2) is 47.6 Å². The van der Waals surface area contributed by atoms with E-state index < -0.39 is 32.3 Å². The van der Waals surface area contributed by atoms with Crippen LogP contribution in [0.1, 0.15) is 30.7 Å². The molecule has 3 atom stereocenters. The highest BCUT2D eigenvalue weighted by molar-refractivity contribution is 7.93. The van der Waals surface area contributed by atoms with E-state index in [4.69, 9.17) is 9.47 Å². The van der Waals surface area contributed by atoms with E-state index in [1.165, 1.54) is 12.1 Å². The third-order valence-corrected chi connectivity index (χ3v) is 7.94. The molecule has 0 spiro atoms. The van der Waals surface area contributed by atoms with Gasteiger partial charge in [0.15, 0.2) is 11.6 Å². The van der Waals surface area contributed by atoms with Crippen molar-refractivity contribution < 1.29 is 31.1 Å². The van der Waals surface area contributed by atoms with E-state index in [-0.39, 0.29) is 35.5 Å². The van der Waals surface area contributed by atoms with Gasteiger partial charge in [-0.1, -0.05) is 12.1 Å². The Hall–Kier alpha value is -2.70. The average Bonchev–Trinajstić information content (AvgIpc) is 3.32. The minimum Gasteiger partial charge on any atom is -0.490 e. The summed E-state index contributed by atoms with van der Waals surface area (Å²) in [6.07, 6.45) is 3.33. The lowest BCUT2D eigenvalue weighted by Crippen LogP contribution is -2.31. The summed E-state index contributed by atoms with van der Waals surface area (Å²) in [5.41, 5.74) is 0.931. The van der Waals surface area contributed by atoms with Gasteiger partial charge in [-0.25, -0.2) is 26.6 Å². The summed E-state index contributed by atoms with van der Waals surface area (Å²) in [5.74, 6) is -3.00. The number of nitrogens with one attached hydrogen (secondary N) is 1. The first-order chi connectivity index (χ1) is 16.3. The number of anilines is 1. The van der Waals surface area contributed by atoms with E-state index in [2.05, 4.69) is 14.1 Å². The van der Waals surface area contributed by atoms with Gasteiger partial charge in [0.1, 0.15) is 22.9 Å². The number of sulfonamides is 1. The molecule has 0 radical (unpaired) electrons. The van der Waals surface area contributed by atoms with Gasteiger partial charge in [0, 0.05) is 36.7 Å². The minimum atomic E-state index is -4.41. The summed E-state index contributed by atoms with van der Waals surface area (Å²) in [4.78, 5) is 2.81. The summed E-state index contributed by atoms with van der Waals surface area (Å²) in [6.45, 7) is 0.0490. The van der Waals surface area contributed by atoms with E-state index in [9.17, 15) is 21.6 Å². The zero-order chi connectivity index (χ0) is 24.3. The number of ether oxygens (including phenoxy) is 2. The highest BCUT2D eigenvalue weighted by atomic mass is 32.2. The maximum atomic E-state index is 14.7. The highest BCUT2D eigenvalue weighted by Gasteiger charge is 2.33. The van der Waals surface area contributed by atoms with Crippen LogP contribution >= 0.6 is 11.5 Å². The van der Waals surface area contributed by atoms with E-state index in [1.807, 2.05) is 0 Å².